The fraction of sp³-hybridized carbons (Fsp3) is 0.500. The summed E-state index contributed by atoms with van der Waals surface area (Å²) in [5.74, 6) is 0. The van der Waals surface area contributed by atoms with Gasteiger partial charge in [0.15, 0.2) is 0 Å². The van der Waals surface area contributed by atoms with Crippen molar-refractivity contribution in [3.8, 4) is 0 Å². The first kappa shape index (κ1) is 5.48. The Bertz CT molecular complexity index is 80.5. The minimum Gasteiger partial charge on any atom is -0.459 e. The second-order valence-corrected chi connectivity index (χ2v) is 1.62. The van der Waals surface area contributed by atoms with Crippen molar-refractivity contribution < 1.29 is 9.47 Å². The SMILES string of the molecule is [CH2]CCC1OC=CO1. The lowest BCUT2D eigenvalue weighted by Gasteiger charge is -2.06. The van der Waals surface area contributed by atoms with Crippen LogP contribution in [0.5, 0.6) is 0 Å². The van der Waals surface area contributed by atoms with Crippen molar-refractivity contribution in [2.45, 2.75) is 19.1 Å². The van der Waals surface area contributed by atoms with Gasteiger partial charge in [0.1, 0.15) is 12.5 Å². The Morgan fingerprint density at radius 3 is 2.50 bits per heavy atom. The average molecular weight is 113 g/mol. The third kappa shape index (κ3) is 1.15. The molecule has 1 aliphatic heterocycles. The van der Waals surface area contributed by atoms with Gasteiger partial charge in [-0.3, -0.25) is 0 Å². The van der Waals surface area contributed by atoms with Crippen LogP contribution in [0.1, 0.15) is 12.8 Å². The molecule has 0 unspecified atom stereocenters. The molecule has 1 rings (SSSR count). The van der Waals surface area contributed by atoms with Crippen molar-refractivity contribution in [2.75, 3.05) is 0 Å². The highest BCUT2D eigenvalue weighted by Gasteiger charge is 2.08. The third-order valence-electron chi connectivity index (χ3n) is 0.956. The zero-order valence-corrected chi connectivity index (χ0v) is 4.67. The summed E-state index contributed by atoms with van der Waals surface area (Å²) in [6, 6.07) is 0. The van der Waals surface area contributed by atoms with Crippen molar-refractivity contribution in [1.82, 2.24) is 0 Å². The number of ether oxygens (including phenoxy) is 2. The molecule has 0 aromatic rings. The van der Waals surface area contributed by atoms with Gasteiger partial charge in [-0.25, -0.2) is 0 Å². The third-order valence-corrected chi connectivity index (χ3v) is 0.956. The molecule has 1 radical (unpaired) electrons. The molecule has 2 nitrogen and oxygen atoms in total. The van der Waals surface area contributed by atoms with E-state index in [0.717, 1.165) is 12.8 Å². The lowest BCUT2D eigenvalue weighted by Crippen LogP contribution is -2.05. The van der Waals surface area contributed by atoms with Gasteiger partial charge in [0.2, 0.25) is 6.29 Å². The van der Waals surface area contributed by atoms with E-state index in [1.165, 1.54) is 0 Å². The monoisotopic (exact) mass is 113 g/mol. The molecule has 2 heteroatoms. The van der Waals surface area contributed by atoms with E-state index >= 15 is 0 Å². The summed E-state index contributed by atoms with van der Waals surface area (Å²) >= 11 is 0. The van der Waals surface area contributed by atoms with E-state index in [1.807, 2.05) is 0 Å². The summed E-state index contributed by atoms with van der Waals surface area (Å²) < 4.78 is 9.90. The Balaban J connectivity index is 2.10. The van der Waals surface area contributed by atoms with Crippen molar-refractivity contribution >= 4 is 0 Å². The van der Waals surface area contributed by atoms with E-state index in [9.17, 15) is 0 Å². The van der Waals surface area contributed by atoms with Gasteiger partial charge in [-0.05, 0) is 6.42 Å². The van der Waals surface area contributed by atoms with Crippen molar-refractivity contribution in [1.29, 1.82) is 0 Å². The normalized spacial score (nSPS) is 18.1. The maximum absolute atomic E-state index is 4.95. The first-order chi connectivity index (χ1) is 3.93. The smallest absolute Gasteiger partial charge is 0.239 e. The molecule has 0 spiro atoms. The van der Waals surface area contributed by atoms with Gasteiger partial charge in [-0.1, -0.05) is 6.92 Å². The molecule has 45 valence electrons. The fourth-order valence-electron chi connectivity index (χ4n) is 0.574. The standard InChI is InChI=1S/C6H9O2/c1-2-3-6-7-4-5-8-6/h4-6H,1-3H2. The van der Waals surface area contributed by atoms with Crippen LogP contribution in [-0.2, 0) is 9.47 Å². The van der Waals surface area contributed by atoms with Gasteiger partial charge in [-0.2, -0.15) is 0 Å². The second kappa shape index (κ2) is 2.60. The second-order valence-electron chi connectivity index (χ2n) is 1.62. The largest absolute Gasteiger partial charge is 0.459 e. The van der Waals surface area contributed by atoms with Crippen molar-refractivity contribution in [3.05, 3.63) is 19.4 Å². The summed E-state index contributed by atoms with van der Waals surface area (Å²) in [5, 5.41) is 0. The van der Waals surface area contributed by atoms with Crippen LogP contribution < -0.4 is 0 Å². The molecule has 0 amide bonds. The van der Waals surface area contributed by atoms with Crippen LogP contribution in [0.2, 0.25) is 0 Å². The van der Waals surface area contributed by atoms with Crippen LogP contribution in [0.4, 0.5) is 0 Å². The Labute approximate surface area is 49.1 Å². The molecule has 0 saturated carbocycles. The Morgan fingerprint density at radius 1 is 1.38 bits per heavy atom. The molecular weight excluding hydrogens is 104 g/mol. The number of rotatable bonds is 2. The zero-order chi connectivity index (χ0) is 5.82. The maximum Gasteiger partial charge on any atom is 0.239 e. The molecule has 0 N–H and O–H groups in total. The van der Waals surface area contributed by atoms with Crippen LogP contribution in [0.15, 0.2) is 12.5 Å². The number of hydrogen-bond donors (Lipinski definition) is 0. The van der Waals surface area contributed by atoms with Gasteiger partial charge >= 0.3 is 0 Å². The van der Waals surface area contributed by atoms with Crippen LogP contribution in [-0.4, -0.2) is 6.29 Å². The predicted octanol–water partition coefficient (Wildman–Crippen LogP) is 1.44. The summed E-state index contributed by atoms with van der Waals surface area (Å²) in [6.07, 6.45) is 4.77. The fourth-order valence-corrected chi connectivity index (χ4v) is 0.574. The Hall–Kier alpha value is -0.660. The molecule has 1 aliphatic rings. The predicted molar refractivity (Wildman–Crippen MR) is 29.7 cm³/mol. The molecule has 0 fully saturated rings. The van der Waals surface area contributed by atoms with Crippen LogP contribution in [0.25, 0.3) is 0 Å². The topological polar surface area (TPSA) is 18.5 Å². The van der Waals surface area contributed by atoms with Crippen LogP contribution in [0.3, 0.4) is 0 Å². The van der Waals surface area contributed by atoms with Crippen LogP contribution in [0, 0.1) is 6.92 Å². The van der Waals surface area contributed by atoms with Crippen molar-refractivity contribution in [2.24, 2.45) is 0 Å². The summed E-state index contributed by atoms with van der Waals surface area (Å²) in [4.78, 5) is 0. The lowest BCUT2D eigenvalue weighted by atomic mass is 10.3. The highest BCUT2D eigenvalue weighted by Crippen LogP contribution is 2.09. The van der Waals surface area contributed by atoms with Gasteiger partial charge in [0.05, 0.1) is 0 Å². The highest BCUT2D eigenvalue weighted by atomic mass is 16.7. The average Bonchev–Trinajstić information content (AvgIpc) is 2.19. The van der Waals surface area contributed by atoms with Crippen molar-refractivity contribution in [3.63, 3.8) is 0 Å². The Kier molecular flexibility index (Phi) is 1.78. The highest BCUT2D eigenvalue weighted by molar-refractivity contribution is 4.70. The molecule has 1 heterocycles. The van der Waals surface area contributed by atoms with E-state index in [1.54, 1.807) is 12.5 Å². The van der Waals surface area contributed by atoms with Gasteiger partial charge in [0.25, 0.3) is 0 Å². The van der Waals surface area contributed by atoms with Crippen LogP contribution >= 0.6 is 0 Å². The molecular formula is C6H9O2. The molecule has 0 aromatic carbocycles. The molecule has 0 bridgehead atoms. The summed E-state index contributed by atoms with van der Waals surface area (Å²) in [7, 11) is 0. The minimum absolute atomic E-state index is 0.0625. The zero-order valence-electron chi connectivity index (χ0n) is 4.67. The van der Waals surface area contributed by atoms with E-state index in [2.05, 4.69) is 6.92 Å². The summed E-state index contributed by atoms with van der Waals surface area (Å²) in [5.41, 5.74) is 0. The lowest BCUT2D eigenvalue weighted by molar-refractivity contribution is -0.0271. The minimum atomic E-state index is -0.0625. The van der Waals surface area contributed by atoms with E-state index in [0.29, 0.717) is 0 Å². The quantitative estimate of drug-likeness (QED) is 0.539. The van der Waals surface area contributed by atoms with E-state index in [4.69, 9.17) is 9.47 Å². The van der Waals surface area contributed by atoms with E-state index in [-0.39, 0.29) is 6.29 Å². The van der Waals surface area contributed by atoms with Gasteiger partial charge in [-0.15, -0.1) is 0 Å². The molecule has 0 aromatic heterocycles. The molecule has 0 aliphatic carbocycles. The first-order valence-electron chi connectivity index (χ1n) is 2.68. The number of hydrogen-bond acceptors (Lipinski definition) is 2. The summed E-state index contributed by atoms with van der Waals surface area (Å²) in [6.45, 7) is 3.66. The molecule has 0 saturated heterocycles. The molecule has 0 atom stereocenters. The van der Waals surface area contributed by atoms with E-state index < -0.39 is 0 Å². The first-order valence-corrected chi connectivity index (χ1v) is 2.68. The van der Waals surface area contributed by atoms with Gasteiger partial charge < -0.3 is 9.47 Å². The molecule has 8 heavy (non-hydrogen) atoms. The maximum atomic E-state index is 4.95. The van der Waals surface area contributed by atoms with Gasteiger partial charge in [0, 0.05) is 6.42 Å². The Morgan fingerprint density at radius 2 is 2.00 bits per heavy atom.